The number of amides is 1. The Morgan fingerprint density at radius 2 is 1.58 bits per heavy atom. The van der Waals surface area contributed by atoms with Crippen molar-refractivity contribution in [3.63, 3.8) is 0 Å². The van der Waals surface area contributed by atoms with Crippen LogP contribution in [-0.2, 0) is 9.59 Å². The van der Waals surface area contributed by atoms with Crippen molar-refractivity contribution in [1.82, 2.24) is 0 Å². The van der Waals surface area contributed by atoms with Gasteiger partial charge >= 0.3 is 0 Å². The Balaban J connectivity index is 1.65. The van der Waals surface area contributed by atoms with Crippen molar-refractivity contribution in [1.29, 1.82) is 0 Å². The van der Waals surface area contributed by atoms with Gasteiger partial charge in [0, 0.05) is 11.1 Å². The molecule has 5 heteroatoms. The van der Waals surface area contributed by atoms with Gasteiger partial charge in [0.25, 0.3) is 0 Å². The zero-order chi connectivity index (χ0) is 22.4. The van der Waals surface area contributed by atoms with E-state index in [9.17, 15) is 9.59 Å². The summed E-state index contributed by atoms with van der Waals surface area (Å²) in [6, 6.07) is 17.4. The highest BCUT2D eigenvalue weighted by molar-refractivity contribution is 6.51. The van der Waals surface area contributed by atoms with E-state index in [1.165, 1.54) is 5.56 Å². The van der Waals surface area contributed by atoms with Crippen LogP contribution in [0.4, 0.5) is 11.4 Å². The molecule has 2 saturated carbocycles. The van der Waals surface area contributed by atoms with Crippen LogP contribution in [-0.4, -0.2) is 17.4 Å². The van der Waals surface area contributed by atoms with Crippen LogP contribution in [0, 0.1) is 16.2 Å². The average Bonchev–Trinajstić information content (AvgIpc) is 3.02. The lowest BCUT2D eigenvalue weighted by atomic mass is 9.64. The molecular weight excluding hydrogens is 386 g/mol. The van der Waals surface area contributed by atoms with Crippen molar-refractivity contribution in [2.24, 2.45) is 21.3 Å². The highest BCUT2D eigenvalue weighted by Crippen LogP contribution is 2.69. The second-order valence-electron chi connectivity index (χ2n) is 9.86. The lowest BCUT2D eigenvalue weighted by molar-refractivity contribution is -0.139. The Bertz CT molecular complexity index is 1040. The predicted octanol–water partition coefficient (Wildman–Crippen LogP) is 5.61. The topological polar surface area (TPSA) is 70.6 Å². The van der Waals surface area contributed by atoms with E-state index in [0.29, 0.717) is 23.7 Å². The molecule has 0 aromatic heterocycles. The van der Waals surface area contributed by atoms with E-state index in [1.807, 2.05) is 68.4 Å². The quantitative estimate of drug-likeness (QED) is 0.490. The molecule has 5 nitrogen and oxygen atoms in total. The highest BCUT2D eigenvalue weighted by Gasteiger charge is 2.76. The Morgan fingerprint density at radius 1 is 0.935 bits per heavy atom. The molecule has 2 atom stereocenters. The zero-order valence-corrected chi connectivity index (χ0v) is 19.0. The lowest BCUT2D eigenvalue weighted by Gasteiger charge is -2.37. The Labute approximate surface area is 184 Å². The summed E-state index contributed by atoms with van der Waals surface area (Å²) >= 11 is 0. The number of ketones is 1. The third-order valence-electron chi connectivity index (χ3n) is 7.87. The van der Waals surface area contributed by atoms with Crippen molar-refractivity contribution in [2.45, 2.75) is 53.4 Å². The number of hydrazone groups is 1. The summed E-state index contributed by atoms with van der Waals surface area (Å²) in [6.45, 7) is 10.4. The maximum absolute atomic E-state index is 13.7. The Kier molecular flexibility index (Phi) is 5.03. The van der Waals surface area contributed by atoms with E-state index in [4.69, 9.17) is 0 Å². The number of hydrogen-bond acceptors (Lipinski definition) is 4. The molecule has 0 saturated heterocycles. The molecular formula is C26H31N3O2. The Hall–Kier alpha value is -2.95. The van der Waals surface area contributed by atoms with Crippen molar-refractivity contribution in [2.75, 3.05) is 10.7 Å². The number of Topliss-reactive ketones (excluding diaryl/α,β-unsaturated/α-hetero) is 1. The molecule has 31 heavy (non-hydrogen) atoms. The summed E-state index contributed by atoms with van der Waals surface area (Å²) in [5.41, 5.74) is 4.11. The molecule has 0 aliphatic heterocycles. The van der Waals surface area contributed by atoms with Gasteiger partial charge in [-0.3, -0.25) is 15.0 Å². The predicted molar refractivity (Wildman–Crippen MR) is 125 cm³/mol. The van der Waals surface area contributed by atoms with Gasteiger partial charge in [-0.2, -0.15) is 5.10 Å². The highest BCUT2D eigenvalue weighted by atomic mass is 16.2. The first-order valence-electron chi connectivity index (χ1n) is 11.0. The summed E-state index contributed by atoms with van der Waals surface area (Å²) < 4.78 is 0. The van der Waals surface area contributed by atoms with Gasteiger partial charge in [0.2, 0.25) is 5.91 Å². The smallest absolute Gasteiger partial charge is 0.239 e. The van der Waals surface area contributed by atoms with Crippen LogP contribution in [0.1, 0.15) is 58.9 Å². The molecule has 2 unspecified atom stereocenters. The summed E-state index contributed by atoms with van der Waals surface area (Å²) in [5, 5.41) is 7.56. The van der Waals surface area contributed by atoms with Crippen LogP contribution in [0.25, 0.3) is 0 Å². The molecule has 162 valence electrons. The van der Waals surface area contributed by atoms with Crippen LogP contribution in [0.3, 0.4) is 0 Å². The summed E-state index contributed by atoms with van der Waals surface area (Å²) in [5.74, 6) is 0.0320. The monoisotopic (exact) mass is 417 g/mol. The summed E-state index contributed by atoms with van der Waals surface area (Å²) in [7, 11) is 0. The molecule has 2 bridgehead atoms. The van der Waals surface area contributed by atoms with Crippen LogP contribution in [0.5, 0.6) is 0 Å². The fraction of sp³-hybridized carbons (Fsp3) is 0.423. The molecule has 2 fully saturated rings. The number of fused-ring (bicyclic) bond motifs is 2. The maximum Gasteiger partial charge on any atom is 0.239 e. The first-order chi connectivity index (χ1) is 14.6. The number of rotatable bonds is 5. The first-order valence-corrected chi connectivity index (χ1v) is 11.0. The minimum absolute atomic E-state index is 0.161. The third-order valence-corrected chi connectivity index (χ3v) is 7.87. The van der Waals surface area contributed by atoms with Gasteiger partial charge in [0.05, 0.1) is 5.69 Å². The van der Waals surface area contributed by atoms with Crippen molar-refractivity contribution in [3.8, 4) is 0 Å². The van der Waals surface area contributed by atoms with Gasteiger partial charge in [-0.1, -0.05) is 65.0 Å². The van der Waals surface area contributed by atoms with Crippen LogP contribution in [0.15, 0.2) is 59.7 Å². The second kappa shape index (κ2) is 7.33. The summed E-state index contributed by atoms with van der Waals surface area (Å²) in [4.78, 5) is 27.3. The van der Waals surface area contributed by atoms with Gasteiger partial charge in [-0.05, 0) is 54.0 Å². The molecule has 0 spiro atoms. The Morgan fingerprint density at radius 3 is 2.19 bits per heavy atom. The normalized spacial score (nSPS) is 27.7. The van der Waals surface area contributed by atoms with E-state index < -0.39 is 16.2 Å². The molecule has 2 aromatic carbocycles. The van der Waals surface area contributed by atoms with E-state index >= 15 is 0 Å². The molecule has 0 radical (unpaired) electrons. The molecule has 2 N–H and O–H groups in total. The maximum atomic E-state index is 13.7. The minimum Gasteiger partial charge on any atom is -0.325 e. The third kappa shape index (κ3) is 3.01. The number of benzene rings is 2. The number of carbonyl (C=O) groups excluding carboxylic acids is 2. The van der Waals surface area contributed by atoms with Crippen LogP contribution >= 0.6 is 0 Å². The van der Waals surface area contributed by atoms with Gasteiger partial charge in [-0.25, -0.2) is 0 Å². The number of anilines is 2. The number of nitrogens with one attached hydrogen (secondary N) is 2. The van der Waals surface area contributed by atoms with Crippen molar-refractivity contribution >= 4 is 28.8 Å². The zero-order valence-electron chi connectivity index (χ0n) is 19.0. The molecule has 0 heterocycles. The first kappa shape index (κ1) is 21.3. The lowest BCUT2D eigenvalue weighted by Crippen LogP contribution is -2.47. The SMILES string of the molecule is CC(C)c1ccc(NC(=O)C23CCC(C)(/C(=N/Nc4ccccc4)C2=O)C3(C)C)cc1. The van der Waals surface area contributed by atoms with E-state index in [0.717, 1.165) is 12.1 Å². The molecule has 2 aliphatic rings. The van der Waals surface area contributed by atoms with Crippen LogP contribution in [0.2, 0.25) is 0 Å². The van der Waals surface area contributed by atoms with E-state index in [-0.39, 0.29) is 11.7 Å². The summed E-state index contributed by atoms with van der Waals surface area (Å²) in [6.07, 6.45) is 1.29. The number of carbonyl (C=O) groups is 2. The minimum atomic E-state index is -1.12. The van der Waals surface area contributed by atoms with Crippen molar-refractivity contribution in [3.05, 3.63) is 60.2 Å². The average molecular weight is 418 g/mol. The fourth-order valence-corrected chi connectivity index (χ4v) is 5.29. The van der Waals surface area contributed by atoms with Gasteiger partial charge < -0.3 is 5.32 Å². The van der Waals surface area contributed by atoms with Crippen LogP contribution < -0.4 is 10.7 Å². The van der Waals surface area contributed by atoms with Crippen molar-refractivity contribution < 1.29 is 9.59 Å². The fourth-order valence-electron chi connectivity index (χ4n) is 5.29. The largest absolute Gasteiger partial charge is 0.325 e. The number of hydrogen-bond donors (Lipinski definition) is 2. The number of para-hydroxylation sites is 1. The number of nitrogens with zero attached hydrogens (tertiary/aromatic N) is 1. The second-order valence-corrected chi connectivity index (χ2v) is 9.86. The van der Waals surface area contributed by atoms with Gasteiger partial charge in [-0.15, -0.1) is 0 Å². The molecule has 2 aromatic rings. The molecule has 4 rings (SSSR count). The van der Waals surface area contributed by atoms with Gasteiger partial charge in [0.15, 0.2) is 5.78 Å². The van der Waals surface area contributed by atoms with E-state index in [1.54, 1.807) is 0 Å². The van der Waals surface area contributed by atoms with Gasteiger partial charge in [0.1, 0.15) is 11.1 Å². The molecule has 1 amide bonds. The standard InChI is InChI=1S/C26H31N3O2/c1-17(2)18-11-13-19(14-12-18)27-23(31)26-16-15-25(5,24(26,3)4)21(22(26)30)29-28-20-9-7-6-8-10-20/h6-14,17,28H,15-16H2,1-5H3,(H,27,31)/b29-21+. The van der Waals surface area contributed by atoms with E-state index in [2.05, 4.69) is 36.6 Å². The molecule has 2 aliphatic carbocycles.